The molecular formula is C25H35N5O2. The first kappa shape index (κ1) is 21.6. The Morgan fingerprint density at radius 1 is 0.938 bits per heavy atom. The van der Waals surface area contributed by atoms with Gasteiger partial charge in [0.1, 0.15) is 12.2 Å². The number of fused-ring (bicyclic) bond motifs is 1. The van der Waals surface area contributed by atoms with Gasteiger partial charge in [-0.25, -0.2) is 9.97 Å². The Bertz CT molecular complexity index is 884. The summed E-state index contributed by atoms with van der Waals surface area (Å²) in [7, 11) is 4.08. The molecular weight excluding hydrogens is 402 g/mol. The molecule has 172 valence electrons. The molecule has 7 nitrogen and oxygen atoms in total. The van der Waals surface area contributed by atoms with Crippen LogP contribution in [0.25, 0.3) is 11.3 Å². The van der Waals surface area contributed by atoms with E-state index in [2.05, 4.69) is 44.8 Å². The zero-order valence-corrected chi connectivity index (χ0v) is 19.2. The van der Waals surface area contributed by atoms with E-state index < -0.39 is 0 Å². The molecule has 0 amide bonds. The zero-order valence-electron chi connectivity index (χ0n) is 19.2. The Labute approximate surface area is 190 Å². The van der Waals surface area contributed by atoms with Crippen LogP contribution in [0, 0.1) is 5.92 Å². The monoisotopic (exact) mass is 437 g/mol. The average molecular weight is 438 g/mol. The molecule has 3 heterocycles. The van der Waals surface area contributed by atoms with E-state index >= 15 is 0 Å². The molecule has 2 aliphatic heterocycles. The van der Waals surface area contributed by atoms with E-state index in [1.165, 1.54) is 37.8 Å². The minimum Gasteiger partial charge on any atom is -0.378 e. The van der Waals surface area contributed by atoms with E-state index in [0.29, 0.717) is 19.2 Å². The lowest BCUT2D eigenvalue weighted by atomic mass is 9.89. The lowest BCUT2D eigenvalue weighted by molar-refractivity contribution is 0.0671. The van der Waals surface area contributed by atoms with E-state index in [9.17, 15) is 0 Å². The van der Waals surface area contributed by atoms with Gasteiger partial charge in [0.25, 0.3) is 0 Å². The van der Waals surface area contributed by atoms with Crippen molar-refractivity contribution in [2.75, 3.05) is 44.1 Å². The van der Waals surface area contributed by atoms with E-state index in [4.69, 9.17) is 14.5 Å². The number of nitrogens with zero attached hydrogens (tertiary/aromatic N) is 3. The zero-order chi connectivity index (χ0) is 21.9. The van der Waals surface area contributed by atoms with Gasteiger partial charge in [0.15, 0.2) is 0 Å². The van der Waals surface area contributed by atoms with Crippen molar-refractivity contribution in [3.8, 4) is 11.3 Å². The van der Waals surface area contributed by atoms with Crippen LogP contribution < -0.4 is 15.5 Å². The fourth-order valence-corrected chi connectivity index (χ4v) is 5.19. The molecule has 0 unspecified atom stereocenters. The van der Waals surface area contributed by atoms with Gasteiger partial charge in [-0.2, -0.15) is 0 Å². The predicted molar refractivity (Wildman–Crippen MR) is 127 cm³/mol. The number of benzene rings is 1. The number of nitrogens with one attached hydrogen (secondary N) is 2. The lowest BCUT2D eigenvalue weighted by Crippen LogP contribution is -2.44. The van der Waals surface area contributed by atoms with Crippen molar-refractivity contribution in [3.63, 3.8) is 0 Å². The van der Waals surface area contributed by atoms with Crippen LogP contribution in [0.15, 0.2) is 36.5 Å². The Morgan fingerprint density at radius 3 is 2.41 bits per heavy atom. The number of hydrogen-bond acceptors (Lipinski definition) is 7. The molecule has 0 radical (unpaired) electrons. The topological polar surface area (TPSA) is 71.5 Å². The normalized spacial score (nSPS) is 27.9. The molecule has 1 aliphatic carbocycles. The minimum absolute atomic E-state index is 0.0329. The molecule has 1 saturated carbocycles. The molecule has 7 heteroatoms. The second-order valence-electron chi connectivity index (χ2n) is 9.57. The largest absolute Gasteiger partial charge is 0.378 e. The maximum absolute atomic E-state index is 6.15. The van der Waals surface area contributed by atoms with Crippen molar-refractivity contribution < 1.29 is 9.47 Å². The van der Waals surface area contributed by atoms with Crippen molar-refractivity contribution in [2.24, 2.45) is 5.92 Å². The highest BCUT2D eigenvalue weighted by atomic mass is 16.6. The summed E-state index contributed by atoms with van der Waals surface area (Å²) in [5, 5.41) is 7.21. The molecule has 1 aromatic carbocycles. The summed E-state index contributed by atoms with van der Waals surface area (Å²) < 4.78 is 12.3. The SMILES string of the molecule is CN(C)c1ccc(-c2ccnc(N[C@H]3CO[C@H]4[C@@H]3OC[C@@H]4NCC3CCCCC3)n2)cc1. The summed E-state index contributed by atoms with van der Waals surface area (Å²) in [5.41, 5.74) is 3.15. The average Bonchev–Trinajstić information content (AvgIpc) is 3.42. The number of ether oxygens (including phenoxy) is 2. The van der Waals surface area contributed by atoms with Crippen molar-refractivity contribution in [1.82, 2.24) is 15.3 Å². The van der Waals surface area contributed by atoms with Gasteiger partial charge in [0, 0.05) is 31.5 Å². The third kappa shape index (κ3) is 4.75. The molecule has 3 aliphatic rings. The van der Waals surface area contributed by atoms with Gasteiger partial charge < -0.3 is 25.0 Å². The Morgan fingerprint density at radius 2 is 1.66 bits per heavy atom. The van der Waals surface area contributed by atoms with Crippen LogP contribution in [-0.2, 0) is 9.47 Å². The number of rotatable bonds is 7. The third-order valence-corrected chi connectivity index (χ3v) is 7.10. The molecule has 0 bridgehead atoms. The van der Waals surface area contributed by atoms with E-state index in [0.717, 1.165) is 23.7 Å². The summed E-state index contributed by atoms with van der Waals surface area (Å²) >= 11 is 0. The number of hydrogen-bond donors (Lipinski definition) is 2. The summed E-state index contributed by atoms with van der Waals surface area (Å²) in [6.07, 6.45) is 8.79. The fourth-order valence-electron chi connectivity index (χ4n) is 5.19. The number of anilines is 2. The minimum atomic E-state index is 0.0329. The smallest absolute Gasteiger partial charge is 0.223 e. The maximum atomic E-state index is 6.15. The molecule has 2 aromatic rings. The standard InChI is InChI=1S/C25H35N5O2/c1-30(2)19-10-8-18(9-11-19)20-12-13-26-25(28-20)29-22-16-32-23-21(15-31-24(22)23)27-14-17-6-4-3-5-7-17/h8-13,17,21-24,27H,3-7,14-16H2,1-2H3,(H,26,28,29)/t21-,22-,23+,24+/m0/s1. The van der Waals surface area contributed by atoms with Crippen LogP contribution in [-0.4, -0.2) is 68.1 Å². The van der Waals surface area contributed by atoms with E-state index in [-0.39, 0.29) is 24.3 Å². The summed E-state index contributed by atoms with van der Waals surface area (Å²) in [5.74, 6) is 1.43. The molecule has 32 heavy (non-hydrogen) atoms. The molecule has 2 N–H and O–H groups in total. The van der Waals surface area contributed by atoms with Crippen molar-refractivity contribution in [1.29, 1.82) is 0 Å². The highest BCUT2D eigenvalue weighted by Gasteiger charge is 2.47. The van der Waals surface area contributed by atoms with Gasteiger partial charge in [-0.15, -0.1) is 0 Å². The molecule has 3 fully saturated rings. The Kier molecular flexibility index (Phi) is 6.57. The van der Waals surface area contributed by atoms with Crippen LogP contribution in [0.5, 0.6) is 0 Å². The van der Waals surface area contributed by atoms with Crippen LogP contribution in [0.1, 0.15) is 32.1 Å². The van der Waals surface area contributed by atoms with Gasteiger partial charge in [-0.3, -0.25) is 0 Å². The van der Waals surface area contributed by atoms with Crippen molar-refractivity contribution >= 4 is 11.6 Å². The van der Waals surface area contributed by atoms with Crippen molar-refractivity contribution in [2.45, 2.75) is 56.4 Å². The van der Waals surface area contributed by atoms with Gasteiger partial charge in [-0.1, -0.05) is 31.4 Å². The summed E-state index contributed by atoms with van der Waals surface area (Å²) in [6.45, 7) is 2.40. The van der Waals surface area contributed by atoms with E-state index in [1.807, 2.05) is 26.4 Å². The fraction of sp³-hybridized carbons (Fsp3) is 0.600. The Hall–Kier alpha value is -2.22. The lowest BCUT2D eigenvalue weighted by Gasteiger charge is -2.25. The first-order valence-corrected chi connectivity index (χ1v) is 12.0. The molecule has 0 spiro atoms. The first-order valence-electron chi connectivity index (χ1n) is 12.0. The summed E-state index contributed by atoms with van der Waals surface area (Å²) in [4.78, 5) is 11.3. The van der Waals surface area contributed by atoms with E-state index in [1.54, 1.807) is 0 Å². The highest BCUT2D eigenvalue weighted by molar-refractivity contribution is 5.63. The molecule has 1 aromatic heterocycles. The predicted octanol–water partition coefficient (Wildman–Crippen LogP) is 3.33. The second-order valence-corrected chi connectivity index (χ2v) is 9.57. The molecule has 2 saturated heterocycles. The first-order chi connectivity index (χ1) is 15.7. The van der Waals surface area contributed by atoms with Gasteiger partial charge >= 0.3 is 0 Å². The van der Waals surface area contributed by atoms with Gasteiger partial charge in [0.05, 0.1) is 31.0 Å². The highest BCUT2D eigenvalue weighted by Crippen LogP contribution is 2.30. The maximum Gasteiger partial charge on any atom is 0.223 e. The Balaban J connectivity index is 1.19. The van der Waals surface area contributed by atoms with Crippen LogP contribution >= 0.6 is 0 Å². The van der Waals surface area contributed by atoms with Gasteiger partial charge in [-0.05, 0) is 43.5 Å². The third-order valence-electron chi connectivity index (χ3n) is 7.10. The van der Waals surface area contributed by atoms with Crippen LogP contribution in [0.3, 0.4) is 0 Å². The summed E-state index contributed by atoms with van der Waals surface area (Å²) in [6, 6.07) is 10.7. The molecule has 4 atom stereocenters. The molecule has 5 rings (SSSR count). The van der Waals surface area contributed by atoms with Gasteiger partial charge in [0.2, 0.25) is 5.95 Å². The van der Waals surface area contributed by atoms with Crippen molar-refractivity contribution in [3.05, 3.63) is 36.5 Å². The van der Waals surface area contributed by atoms with Crippen LogP contribution in [0.4, 0.5) is 11.6 Å². The second kappa shape index (κ2) is 9.73. The van der Waals surface area contributed by atoms with Crippen LogP contribution in [0.2, 0.25) is 0 Å². The number of aromatic nitrogens is 2. The quantitative estimate of drug-likeness (QED) is 0.688.